The Kier molecular flexibility index (Phi) is 7.57. The van der Waals surface area contributed by atoms with Crippen molar-refractivity contribution in [1.29, 1.82) is 0 Å². The second-order valence-corrected chi connectivity index (χ2v) is 11.5. The van der Waals surface area contributed by atoms with Crippen molar-refractivity contribution in [3.63, 3.8) is 0 Å². The van der Waals surface area contributed by atoms with Crippen LogP contribution in [-0.2, 0) is 24.8 Å². The fourth-order valence-electron chi connectivity index (χ4n) is 3.84. The molecule has 1 atom stereocenters. The topological polar surface area (TPSA) is 89.5 Å². The number of imide groups is 1. The molecule has 3 rings (SSSR count). The molecule has 1 heterocycles. The lowest BCUT2D eigenvalue weighted by Crippen LogP contribution is -2.40. The van der Waals surface area contributed by atoms with Gasteiger partial charge in [0, 0.05) is 17.8 Å². The van der Waals surface area contributed by atoms with Crippen molar-refractivity contribution >= 4 is 21.7 Å². The molecule has 1 unspecified atom stereocenters. The van der Waals surface area contributed by atoms with Gasteiger partial charge in [-0.1, -0.05) is 38.1 Å². The molecular formula is C24H33NO5S. The molecule has 1 saturated heterocycles. The Bertz CT molecular complexity index is 931. The minimum atomic E-state index is -3.29. The summed E-state index contributed by atoms with van der Waals surface area (Å²) in [6.07, 6.45) is 8.12. The van der Waals surface area contributed by atoms with E-state index in [9.17, 15) is 18.0 Å². The zero-order valence-electron chi connectivity index (χ0n) is 18.4. The largest absolute Gasteiger partial charge is 0.493 e. The van der Waals surface area contributed by atoms with Crippen LogP contribution in [0, 0.1) is 11.8 Å². The van der Waals surface area contributed by atoms with E-state index in [2.05, 4.69) is 5.32 Å². The van der Waals surface area contributed by atoms with Crippen LogP contribution in [-0.4, -0.2) is 38.3 Å². The number of benzene rings is 1. The summed E-state index contributed by atoms with van der Waals surface area (Å²) < 4.78 is 31.2. The van der Waals surface area contributed by atoms with Crippen LogP contribution in [0.15, 0.2) is 36.4 Å². The molecule has 1 aliphatic carbocycles. The monoisotopic (exact) mass is 447 g/mol. The number of hydrogen-bond donors (Lipinski definition) is 1. The predicted octanol–water partition coefficient (Wildman–Crippen LogP) is 3.56. The van der Waals surface area contributed by atoms with Crippen molar-refractivity contribution < 1.29 is 22.7 Å². The van der Waals surface area contributed by atoms with E-state index >= 15 is 0 Å². The van der Waals surface area contributed by atoms with Crippen molar-refractivity contribution in [2.75, 3.05) is 18.1 Å². The third kappa shape index (κ3) is 7.49. The highest BCUT2D eigenvalue weighted by molar-refractivity contribution is 7.91. The summed E-state index contributed by atoms with van der Waals surface area (Å²) >= 11 is 0. The van der Waals surface area contributed by atoms with E-state index in [1.807, 2.05) is 44.2 Å². The van der Waals surface area contributed by atoms with Crippen LogP contribution >= 0.6 is 0 Å². The molecule has 0 bridgehead atoms. The van der Waals surface area contributed by atoms with Crippen molar-refractivity contribution in [2.24, 2.45) is 11.8 Å². The Labute approximate surface area is 185 Å². The van der Waals surface area contributed by atoms with Gasteiger partial charge >= 0.3 is 0 Å². The molecule has 31 heavy (non-hydrogen) atoms. The van der Waals surface area contributed by atoms with E-state index in [0.717, 1.165) is 17.9 Å². The second-order valence-electron chi connectivity index (χ2n) is 9.42. The number of sulfone groups is 1. The van der Waals surface area contributed by atoms with E-state index in [4.69, 9.17) is 4.74 Å². The first-order valence-corrected chi connectivity index (χ1v) is 12.9. The van der Waals surface area contributed by atoms with Gasteiger partial charge in [0.2, 0.25) is 11.8 Å². The maximum atomic E-state index is 12.7. The smallest absolute Gasteiger partial charge is 0.229 e. The van der Waals surface area contributed by atoms with Crippen molar-refractivity contribution in [3.05, 3.63) is 42.0 Å². The molecule has 2 fully saturated rings. The fourth-order valence-corrected chi connectivity index (χ4v) is 5.65. The number of amides is 2. The standard InChI is InChI=1S/C24H33NO5S/c1-24(2,20-8-6-9-21(15-20)30-16-18-10-11-18)17-31(28,29)14-5-3-4-7-19-12-13-22(26)25-23(19)27/h3,5-6,8-9,15,18-19H,4,7,10-14,16-17H2,1-2H3,(H,25,26,27)/b5-3+. The summed E-state index contributed by atoms with van der Waals surface area (Å²) in [6.45, 7) is 4.61. The van der Waals surface area contributed by atoms with Gasteiger partial charge in [0.15, 0.2) is 9.84 Å². The Morgan fingerprint density at radius 2 is 1.94 bits per heavy atom. The molecule has 1 saturated carbocycles. The molecular weight excluding hydrogens is 414 g/mol. The molecule has 1 aliphatic heterocycles. The Morgan fingerprint density at radius 1 is 1.16 bits per heavy atom. The summed E-state index contributed by atoms with van der Waals surface area (Å²) in [4.78, 5) is 22.9. The van der Waals surface area contributed by atoms with Crippen molar-refractivity contribution in [2.45, 2.75) is 57.8 Å². The van der Waals surface area contributed by atoms with Gasteiger partial charge < -0.3 is 4.74 Å². The minimum absolute atomic E-state index is 0.0242. The number of carbonyl (C=O) groups is 2. The number of hydrogen-bond acceptors (Lipinski definition) is 5. The summed E-state index contributed by atoms with van der Waals surface area (Å²) in [5.74, 6) is 0.870. The number of rotatable bonds is 11. The normalized spacial score (nSPS) is 20.1. The van der Waals surface area contributed by atoms with E-state index in [1.54, 1.807) is 6.08 Å². The zero-order valence-corrected chi connectivity index (χ0v) is 19.2. The summed E-state index contributed by atoms with van der Waals surface area (Å²) in [7, 11) is -3.29. The highest BCUT2D eigenvalue weighted by Crippen LogP contribution is 2.31. The maximum Gasteiger partial charge on any atom is 0.229 e. The van der Waals surface area contributed by atoms with Gasteiger partial charge in [-0.05, 0) is 55.7 Å². The van der Waals surface area contributed by atoms with Crippen LogP contribution in [0.4, 0.5) is 0 Å². The van der Waals surface area contributed by atoms with Gasteiger partial charge in [-0.2, -0.15) is 0 Å². The molecule has 0 spiro atoms. The highest BCUT2D eigenvalue weighted by atomic mass is 32.2. The van der Waals surface area contributed by atoms with Gasteiger partial charge in [-0.25, -0.2) is 8.42 Å². The molecule has 0 radical (unpaired) electrons. The van der Waals surface area contributed by atoms with Crippen molar-refractivity contribution in [3.8, 4) is 5.75 Å². The van der Waals surface area contributed by atoms with Crippen LogP contribution in [0.25, 0.3) is 0 Å². The van der Waals surface area contributed by atoms with Crippen LogP contribution in [0.3, 0.4) is 0 Å². The lowest BCUT2D eigenvalue weighted by atomic mass is 9.87. The SMILES string of the molecule is CC(C)(CS(=O)(=O)C/C=C/CCC1CCC(=O)NC1=O)c1cccc(OCC2CC2)c1. The molecule has 0 aromatic heterocycles. The second kappa shape index (κ2) is 9.98. The Balaban J connectivity index is 1.48. The van der Waals surface area contributed by atoms with Crippen LogP contribution in [0.5, 0.6) is 5.75 Å². The van der Waals surface area contributed by atoms with Gasteiger partial charge in [0.05, 0.1) is 18.1 Å². The number of ether oxygens (including phenoxy) is 1. The quantitative estimate of drug-likeness (QED) is 0.414. The molecule has 1 N–H and O–H groups in total. The number of allylic oxidation sites excluding steroid dienone is 1. The van der Waals surface area contributed by atoms with Crippen LogP contribution in [0.2, 0.25) is 0 Å². The van der Waals surface area contributed by atoms with E-state index in [1.165, 1.54) is 12.8 Å². The number of carbonyl (C=O) groups excluding carboxylic acids is 2. The summed E-state index contributed by atoms with van der Waals surface area (Å²) in [5.41, 5.74) is 0.421. The van der Waals surface area contributed by atoms with E-state index in [-0.39, 0.29) is 29.2 Å². The van der Waals surface area contributed by atoms with Gasteiger partial charge in [-0.15, -0.1) is 0 Å². The third-order valence-corrected chi connectivity index (χ3v) is 7.79. The minimum Gasteiger partial charge on any atom is -0.493 e. The van der Waals surface area contributed by atoms with Crippen LogP contribution < -0.4 is 10.1 Å². The predicted molar refractivity (Wildman–Crippen MR) is 121 cm³/mol. The van der Waals surface area contributed by atoms with E-state index in [0.29, 0.717) is 31.6 Å². The van der Waals surface area contributed by atoms with Gasteiger partial charge in [0.1, 0.15) is 5.75 Å². The highest BCUT2D eigenvalue weighted by Gasteiger charge is 2.29. The Morgan fingerprint density at radius 3 is 2.65 bits per heavy atom. The van der Waals surface area contributed by atoms with Gasteiger partial charge in [0.25, 0.3) is 0 Å². The van der Waals surface area contributed by atoms with Crippen LogP contribution in [0.1, 0.15) is 57.9 Å². The van der Waals surface area contributed by atoms with Gasteiger partial charge in [-0.3, -0.25) is 14.9 Å². The third-order valence-electron chi connectivity index (χ3n) is 5.93. The lowest BCUT2D eigenvalue weighted by Gasteiger charge is -2.25. The average molecular weight is 448 g/mol. The molecule has 2 amide bonds. The molecule has 170 valence electrons. The zero-order chi connectivity index (χ0) is 22.5. The van der Waals surface area contributed by atoms with E-state index < -0.39 is 15.3 Å². The molecule has 1 aromatic rings. The van der Waals surface area contributed by atoms with Crippen molar-refractivity contribution in [1.82, 2.24) is 5.32 Å². The molecule has 2 aliphatic rings. The number of piperidine rings is 1. The lowest BCUT2D eigenvalue weighted by molar-refractivity contribution is -0.136. The average Bonchev–Trinajstić information content (AvgIpc) is 3.51. The number of nitrogens with one attached hydrogen (secondary N) is 1. The first-order chi connectivity index (χ1) is 14.6. The summed E-state index contributed by atoms with van der Waals surface area (Å²) in [5, 5.41) is 2.35. The molecule has 1 aromatic carbocycles. The fraction of sp³-hybridized carbons (Fsp3) is 0.583. The first kappa shape index (κ1) is 23.5. The molecule has 7 heteroatoms. The Hall–Kier alpha value is -2.15. The summed E-state index contributed by atoms with van der Waals surface area (Å²) in [6, 6.07) is 7.74. The first-order valence-electron chi connectivity index (χ1n) is 11.1. The molecule has 6 nitrogen and oxygen atoms in total. The maximum absolute atomic E-state index is 12.7.